The van der Waals surface area contributed by atoms with E-state index in [9.17, 15) is 0 Å². The molecule has 0 aromatic carbocycles. The Hall–Kier alpha value is -0.800. The van der Waals surface area contributed by atoms with E-state index < -0.39 is 19.4 Å². The third-order valence-electron chi connectivity index (χ3n) is 8.99. The number of nitriles is 1. The van der Waals surface area contributed by atoms with Crippen LogP contribution in [-0.4, -0.2) is 225 Å². The van der Waals surface area contributed by atoms with Crippen molar-refractivity contribution >= 4 is 8.53 Å². The second-order valence-corrected chi connectivity index (χ2v) is 17.7. The number of aliphatic hydroxyl groups is 6. The number of nitrogens with zero attached hydrogens (tertiary/aromatic N) is 2. The summed E-state index contributed by atoms with van der Waals surface area (Å²) in [6.45, 7) is 21.1. The van der Waals surface area contributed by atoms with Crippen LogP contribution in [0.25, 0.3) is 0 Å². The van der Waals surface area contributed by atoms with Crippen LogP contribution in [0.3, 0.4) is 0 Å². The predicted octanol–water partition coefficient (Wildman–Crippen LogP) is 6.17. The highest BCUT2D eigenvalue weighted by molar-refractivity contribution is 7.44. The molecule has 0 amide bonds. The van der Waals surface area contributed by atoms with Gasteiger partial charge in [0.15, 0.2) is 0 Å². The second-order valence-electron chi connectivity index (χ2n) is 16.3. The Morgan fingerprint density at radius 3 is 1.10 bits per heavy atom. The monoisotopic (exact) mass is 1050 g/mol. The quantitative estimate of drug-likeness (QED) is 0.0294. The fourth-order valence-electron chi connectivity index (χ4n) is 5.84. The Morgan fingerprint density at radius 1 is 0.486 bits per heavy atom. The lowest BCUT2D eigenvalue weighted by atomic mass is 9.92. The van der Waals surface area contributed by atoms with Crippen LogP contribution >= 0.6 is 8.53 Å². The zero-order chi connectivity index (χ0) is 58.1. The molecule has 0 aromatic heterocycles. The predicted molar refractivity (Wildman–Crippen MR) is 278 cm³/mol. The molecule has 20 heteroatoms. The zero-order valence-electron chi connectivity index (χ0n) is 51.2. The summed E-state index contributed by atoms with van der Waals surface area (Å²) in [7, 11) is 2.60. The number of ether oxygens (including phenoxy) is 9. The third kappa shape index (κ3) is 50.7. The fraction of sp³-hybridized carbons (Fsp3) is 0.980. The maximum Gasteiger partial charge on any atom is 0.259 e. The maximum atomic E-state index is 8.96. The molecule has 0 rings (SSSR count). The van der Waals surface area contributed by atoms with Crippen LogP contribution in [0.15, 0.2) is 0 Å². The van der Waals surface area contributed by atoms with Crippen molar-refractivity contribution in [1.29, 1.82) is 9.56 Å². The van der Waals surface area contributed by atoms with Gasteiger partial charge in [-0.05, 0) is 85.5 Å². The molecular formula is C50H109N2O17P. The summed E-state index contributed by atoms with van der Waals surface area (Å²) in [5.74, 6) is 0. The van der Waals surface area contributed by atoms with Crippen molar-refractivity contribution in [2.75, 3.05) is 173 Å². The summed E-state index contributed by atoms with van der Waals surface area (Å²) in [6, 6.07) is 2.62. The molecule has 1 unspecified atom stereocenters. The molecule has 0 aromatic rings. The van der Waals surface area contributed by atoms with Gasteiger partial charge in [0.2, 0.25) is 4.29 Å². The van der Waals surface area contributed by atoms with Crippen LogP contribution < -0.4 is 0 Å². The average molecular weight is 1050 g/mol. The Kier molecular flexibility index (Phi) is 60.0. The molecule has 0 aliphatic rings. The van der Waals surface area contributed by atoms with Crippen molar-refractivity contribution in [2.24, 2.45) is 10.8 Å². The van der Waals surface area contributed by atoms with Crippen molar-refractivity contribution in [3.05, 3.63) is 0 Å². The van der Waals surface area contributed by atoms with E-state index in [0.717, 1.165) is 25.9 Å². The smallest absolute Gasteiger partial charge is 0.259 e. The fourth-order valence-corrected chi connectivity index (χ4v) is 7.47. The van der Waals surface area contributed by atoms with Gasteiger partial charge in [-0.3, -0.25) is 0 Å². The number of rotatable bonds is 49. The minimum absolute atomic E-state index is 0.0849. The lowest BCUT2D eigenvalue weighted by molar-refractivity contribution is -0.110. The summed E-state index contributed by atoms with van der Waals surface area (Å²) >= 11 is 0. The topological polar surface area (TPSA) is 250 Å². The molecule has 6 N–H and O–H groups in total. The summed E-state index contributed by atoms with van der Waals surface area (Å²) in [6.07, 6.45) is 7.74. The van der Waals surface area contributed by atoms with Gasteiger partial charge in [0.05, 0.1) is 89.4 Å². The Balaban J connectivity index is -0.000000391. The lowest BCUT2D eigenvalue weighted by Crippen LogP contribution is -2.42. The van der Waals surface area contributed by atoms with Gasteiger partial charge < -0.3 is 82.3 Å². The molecule has 0 aliphatic carbocycles. The molecule has 0 aliphatic heterocycles. The zero-order valence-corrected chi connectivity index (χ0v) is 46.1. The number of aliphatic hydroxyl groups excluding tert-OH is 6. The van der Waals surface area contributed by atoms with Gasteiger partial charge in [-0.1, -0.05) is 34.0 Å². The summed E-state index contributed by atoms with van der Waals surface area (Å²) < 4.78 is 106. The lowest BCUT2D eigenvalue weighted by Gasteiger charge is -2.35. The molecule has 0 spiro atoms. The van der Waals surface area contributed by atoms with Crippen LogP contribution in [0.5, 0.6) is 0 Å². The van der Waals surface area contributed by atoms with E-state index in [1.54, 1.807) is 0 Å². The van der Waals surface area contributed by atoms with Gasteiger partial charge >= 0.3 is 0 Å². The van der Waals surface area contributed by atoms with E-state index in [-0.39, 0.29) is 31.9 Å². The van der Waals surface area contributed by atoms with Crippen molar-refractivity contribution in [1.82, 2.24) is 4.67 Å². The van der Waals surface area contributed by atoms with E-state index in [0.29, 0.717) is 198 Å². The van der Waals surface area contributed by atoms with Crippen LogP contribution in [-0.2, 0) is 51.7 Å². The maximum absolute atomic E-state index is 8.96. The highest BCUT2D eigenvalue weighted by Gasteiger charge is 2.34. The first-order valence-corrected chi connectivity index (χ1v) is 26.1. The minimum Gasteiger partial charge on any atom is -0.400 e. The second kappa shape index (κ2) is 64.3. The normalized spacial score (nSPS) is 12.9. The highest BCUT2D eigenvalue weighted by atomic mass is 31.2. The van der Waals surface area contributed by atoms with Crippen molar-refractivity contribution in [3.63, 3.8) is 0 Å². The summed E-state index contributed by atoms with van der Waals surface area (Å²) in [5, 5.41) is 46.3. The first kappa shape index (κ1) is 65.3. The van der Waals surface area contributed by atoms with E-state index in [1.165, 1.54) is 21.3 Å². The first-order valence-electron chi connectivity index (χ1n) is 28.3. The Labute approximate surface area is 436 Å². The summed E-state index contributed by atoms with van der Waals surface area (Å²) in [4.78, 5) is 0. The van der Waals surface area contributed by atoms with E-state index >= 15 is 0 Å². The highest BCUT2D eigenvalue weighted by Crippen LogP contribution is 2.46. The molecular weight excluding hydrogens is 932 g/mol. The average Bonchev–Trinajstić information content (AvgIpc) is 3.39. The van der Waals surface area contributed by atoms with Gasteiger partial charge in [-0.15, -0.1) is 0 Å². The van der Waals surface area contributed by atoms with Crippen LogP contribution in [0, 0.1) is 22.2 Å². The molecule has 0 fully saturated rings. The van der Waals surface area contributed by atoms with Crippen LogP contribution in [0.4, 0.5) is 0 Å². The Morgan fingerprint density at radius 2 is 0.786 bits per heavy atom. The van der Waals surface area contributed by atoms with Crippen LogP contribution in [0.2, 0.25) is 0 Å². The molecule has 0 radical (unpaired) electrons. The molecule has 0 saturated carbocycles. The van der Waals surface area contributed by atoms with Crippen molar-refractivity contribution in [2.45, 2.75) is 138 Å². The number of hydrogen-bond acceptors (Lipinski definition) is 19. The van der Waals surface area contributed by atoms with E-state index in [2.05, 4.69) is 60.7 Å². The third-order valence-corrected chi connectivity index (χ3v) is 11.1. The summed E-state index contributed by atoms with van der Waals surface area (Å²) in [5.41, 5.74) is -0.991. The molecule has 70 heavy (non-hydrogen) atoms. The molecule has 0 heterocycles. The van der Waals surface area contributed by atoms with E-state index in [4.69, 9.17) is 80.7 Å². The molecule has 426 valence electrons. The van der Waals surface area contributed by atoms with Crippen molar-refractivity contribution in [3.8, 4) is 6.07 Å². The van der Waals surface area contributed by atoms with Gasteiger partial charge in [0.25, 0.3) is 8.53 Å². The minimum atomic E-state index is -1.27. The van der Waals surface area contributed by atoms with Crippen LogP contribution in [0.1, 0.15) is 130 Å². The number of unbranched alkanes of at least 4 members (excludes halogenated alkanes) is 1. The van der Waals surface area contributed by atoms with Gasteiger partial charge in [0.1, 0.15) is 0 Å². The van der Waals surface area contributed by atoms with Crippen molar-refractivity contribution < 1.29 is 86.4 Å². The van der Waals surface area contributed by atoms with Gasteiger partial charge in [-0.25, -0.2) is 4.67 Å². The molecule has 0 saturated heterocycles. The molecule has 19 nitrogen and oxygen atoms in total. The van der Waals surface area contributed by atoms with E-state index in [1.807, 2.05) is 0 Å². The van der Waals surface area contributed by atoms with Gasteiger partial charge in [0, 0.05) is 123 Å². The van der Waals surface area contributed by atoms with Gasteiger partial charge in [-0.2, -0.15) is 5.26 Å². The Bertz CT molecular complexity index is 1040. The molecule has 0 bridgehead atoms. The molecule has 1 atom stereocenters. The first-order chi connectivity index (χ1) is 36.9. The SMILES string of the molecule is CCCCOCCCOCC(COCCCO)(COCCCO)COCCCO.[2H]CCCOCC(COCCC[2H])(COCCC[2H])COCCCOP(OCCC#N)N(C(C)C)C(C)C.[3H]OC.[3H]OC.[3H]OC. The standard InChI is InChI=1S/C26H53N2O6P.C21H44O8.3CH4O/c1-8-14-29-20-26(21-30-15-9-2,22-31-16-10-3)23-32-17-12-19-34-35(33-18-11-13-27)28(24(4)5)25(6)7;1-2-3-11-25-15-7-16-29-20-21(17-26-12-4-8-22,18-27-13-5-9-23)19-28-14-6-10-24;3*1-2/h24-25H,8-12,14-23H2,1-7H3;22-24H,2-20H2,1H3;3*2H,1H3/i1D,2D,3D;;3*2T. The number of hydrogen-bond donors (Lipinski definition) is 6. The largest absolute Gasteiger partial charge is 0.400 e.